The Kier molecular flexibility index (Phi) is 5.83. The van der Waals surface area contributed by atoms with Crippen molar-refractivity contribution in [2.45, 2.75) is 45.6 Å². The summed E-state index contributed by atoms with van der Waals surface area (Å²) in [5.41, 5.74) is 1.13. The van der Waals surface area contributed by atoms with E-state index in [2.05, 4.69) is 15.6 Å². The van der Waals surface area contributed by atoms with Crippen LogP contribution in [0.4, 0.5) is 14.5 Å². The van der Waals surface area contributed by atoms with Crippen LogP contribution in [0.5, 0.6) is 0 Å². The van der Waals surface area contributed by atoms with Crippen LogP contribution in [0.2, 0.25) is 0 Å². The maximum absolute atomic E-state index is 13.4. The fourth-order valence-corrected chi connectivity index (χ4v) is 3.12. The summed E-state index contributed by atoms with van der Waals surface area (Å²) in [6.07, 6.45) is 4.30. The number of amides is 2. The summed E-state index contributed by atoms with van der Waals surface area (Å²) in [5.74, 6) is -2.78. The Hall–Kier alpha value is -2.77. The van der Waals surface area contributed by atoms with Gasteiger partial charge in [-0.3, -0.25) is 9.59 Å². The van der Waals surface area contributed by atoms with Gasteiger partial charge in [-0.2, -0.15) is 0 Å². The van der Waals surface area contributed by atoms with Crippen molar-refractivity contribution < 1.29 is 18.4 Å². The van der Waals surface area contributed by atoms with E-state index in [9.17, 15) is 18.4 Å². The molecule has 0 radical (unpaired) electrons. The molecule has 0 spiro atoms. The highest BCUT2D eigenvalue weighted by Crippen LogP contribution is 2.22. The van der Waals surface area contributed by atoms with E-state index in [1.807, 2.05) is 6.92 Å². The second-order valence-corrected chi connectivity index (χ2v) is 6.53. The number of imidazole rings is 1. The third kappa shape index (κ3) is 4.15. The van der Waals surface area contributed by atoms with E-state index in [4.69, 9.17) is 0 Å². The molecule has 3 rings (SSSR count). The number of halogens is 2. The normalized spacial score (nSPS) is 13.1. The number of aromatic nitrogens is 2. The van der Waals surface area contributed by atoms with Crippen molar-refractivity contribution in [3.8, 4) is 0 Å². The van der Waals surface area contributed by atoms with Crippen molar-refractivity contribution in [1.82, 2.24) is 14.9 Å². The highest BCUT2D eigenvalue weighted by atomic mass is 19.2. The van der Waals surface area contributed by atoms with Crippen LogP contribution in [0.15, 0.2) is 18.2 Å². The average Bonchev–Trinajstić information content (AvgIpc) is 3.05. The molecule has 8 heteroatoms. The summed E-state index contributed by atoms with van der Waals surface area (Å²) in [7, 11) is 0. The molecule has 2 heterocycles. The van der Waals surface area contributed by atoms with Gasteiger partial charge in [0.25, 0.3) is 11.8 Å². The molecular weight excluding hydrogens is 354 g/mol. The SMILES string of the molecule is CCCCNC(=O)c1nc(C(=O)Nc2ccc(F)c(F)c2)n2c1CCCC2. The lowest BCUT2D eigenvalue weighted by atomic mass is 10.1. The average molecular weight is 376 g/mol. The lowest BCUT2D eigenvalue weighted by molar-refractivity contribution is 0.0947. The number of nitrogens with zero attached hydrogens (tertiary/aromatic N) is 2. The van der Waals surface area contributed by atoms with Crippen LogP contribution in [0.25, 0.3) is 0 Å². The van der Waals surface area contributed by atoms with Gasteiger partial charge in [-0.1, -0.05) is 13.3 Å². The van der Waals surface area contributed by atoms with Crippen LogP contribution < -0.4 is 10.6 Å². The number of benzene rings is 1. The first-order valence-corrected chi connectivity index (χ1v) is 9.15. The molecule has 0 aliphatic carbocycles. The Balaban J connectivity index is 1.85. The van der Waals surface area contributed by atoms with Gasteiger partial charge in [0.05, 0.1) is 5.69 Å². The van der Waals surface area contributed by atoms with Gasteiger partial charge in [0.15, 0.2) is 17.5 Å². The van der Waals surface area contributed by atoms with Crippen molar-refractivity contribution in [3.05, 3.63) is 47.0 Å². The standard InChI is InChI=1S/C19H22F2N4O2/c1-2-3-9-22-18(26)16-15-6-4-5-10-25(15)17(24-16)19(27)23-12-7-8-13(20)14(21)11-12/h7-8,11H,2-6,9-10H2,1H3,(H,22,26)(H,23,27). The summed E-state index contributed by atoms with van der Waals surface area (Å²) in [5, 5.41) is 5.35. The predicted octanol–water partition coefficient (Wildman–Crippen LogP) is 3.28. The van der Waals surface area contributed by atoms with E-state index >= 15 is 0 Å². The molecule has 27 heavy (non-hydrogen) atoms. The smallest absolute Gasteiger partial charge is 0.291 e. The molecule has 2 amide bonds. The predicted molar refractivity (Wildman–Crippen MR) is 96.7 cm³/mol. The van der Waals surface area contributed by atoms with Gasteiger partial charge in [-0.25, -0.2) is 13.8 Å². The van der Waals surface area contributed by atoms with Gasteiger partial charge in [0.2, 0.25) is 0 Å². The van der Waals surface area contributed by atoms with Gasteiger partial charge in [-0.05, 0) is 37.8 Å². The van der Waals surface area contributed by atoms with Gasteiger partial charge < -0.3 is 15.2 Å². The number of hydrogen-bond acceptors (Lipinski definition) is 3. The molecule has 1 aliphatic heterocycles. The third-order valence-corrected chi connectivity index (χ3v) is 4.53. The Morgan fingerprint density at radius 3 is 2.74 bits per heavy atom. The Labute approximate surface area is 156 Å². The fraction of sp³-hybridized carbons (Fsp3) is 0.421. The van der Waals surface area contributed by atoms with Crippen LogP contribution in [-0.4, -0.2) is 27.9 Å². The minimum Gasteiger partial charge on any atom is -0.351 e. The van der Waals surface area contributed by atoms with Gasteiger partial charge in [0.1, 0.15) is 5.69 Å². The maximum Gasteiger partial charge on any atom is 0.291 e. The number of anilines is 1. The number of carbonyl (C=O) groups is 2. The highest BCUT2D eigenvalue weighted by Gasteiger charge is 2.27. The highest BCUT2D eigenvalue weighted by molar-refractivity contribution is 6.03. The zero-order valence-electron chi connectivity index (χ0n) is 15.1. The van der Waals surface area contributed by atoms with Crippen molar-refractivity contribution in [2.24, 2.45) is 0 Å². The number of rotatable bonds is 6. The molecule has 0 atom stereocenters. The topological polar surface area (TPSA) is 76.0 Å². The molecule has 0 saturated carbocycles. The molecule has 0 unspecified atom stereocenters. The van der Waals surface area contributed by atoms with Gasteiger partial charge >= 0.3 is 0 Å². The summed E-state index contributed by atoms with van der Waals surface area (Å²) < 4.78 is 28.2. The van der Waals surface area contributed by atoms with E-state index in [1.165, 1.54) is 6.07 Å². The van der Waals surface area contributed by atoms with E-state index in [0.717, 1.165) is 43.5 Å². The maximum atomic E-state index is 13.4. The summed E-state index contributed by atoms with van der Waals surface area (Å²) in [6.45, 7) is 3.18. The quantitative estimate of drug-likeness (QED) is 0.760. The Morgan fingerprint density at radius 2 is 2.00 bits per heavy atom. The lowest BCUT2D eigenvalue weighted by Crippen LogP contribution is -2.26. The minimum absolute atomic E-state index is 0.107. The zero-order valence-corrected chi connectivity index (χ0v) is 15.1. The molecule has 0 fully saturated rings. The van der Waals surface area contributed by atoms with Gasteiger partial charge in [-0.15, -0.1) is 0 Å². The van der Waals surface area contributed by atoms with Gasteiger partial charge in [0, 0.05) is 24.8 Å². The number of unbranched alkanes of at least 4 members (excludes halogenated alkanes) is 1. The Morgan fingerprint density at radius 1 is 1.19 bits per heavy atom. The summed E-state index contributed by atoms with van der Waals surface area (Å²) in [6, 6.07) is 3.12. The van der Waals surface area contributed by atoms with Crippen molar-refractivity contribution in [2.75, 3.05) is 11.9 Å². The fourth-order valence-electron chi connectivity index (χ4n) is 3.12. The second kappa shape index (κ2) is 8.28. The van der Waals surface area contributed by atoms with Crippen LogP contribution in [-0.2, 0) is 13.0 Å². The Bertz CT molecular complexity index is 864. The van der Waals surface area contributed by atoms with Crippen LogP contribution in [0.3, 0.4) is 0 Å². The third-order valence-electron chi connectivity index (χ3n) is 4.53. The molecule has 1 aromatic heterocycles. The van der Waals surface area contributed by atoms with E-state index < -0.39 is 17.5 Å². The zero-order chi connectivity index (χ0) is 19.4. The monoisotopic (exact) mass is 376 g/mol. The summed E-state index contributed by atoms with van der Waals surface area (Å²) >= 11 is 0. The molecule has 1 aliphatic rings. The van der Waals surface area contributed by atoms with Crippen LogP contribution in [0, 0.1) is 11.6 Å². The van der Waals surface area contributed by atoms with Crippen molar-refractivity contribution >= 4 is 17.5 Å². The first-order valence-electron chi connectivity index (χ1n) is 9.15. The largest absolute Gasteiger partial charge is 0.351 e. The molecular formula is C19H22F2N4O2. The number of hydrogen-bond donors (Lipinski definition) is 2. The molecule has 0 bridgehead atoms. The molecule has 144 valence electrons. The number of fused-ring (bicyclic) bond motifs is 1. The molecule has 1 aromatic carbocycles. The van der Waals surface area contributed by atoms with Crippen LogP contribution >= 0.6 is 0 Å². The second-order valence-electron chi connectivity index (χ2n) is 6.53. The van der Waals surface area contributed by atoms with E-state index in [-0.39, 0.29) is 23.1 Å². The van der Waals surface area contributed by atoms with Crippen LogP contribution in [0.1, 0.15) is 59.4 Å². The number of carbonyl (C=O) groups excluding carboxylic acids is 2. The molecule has 6 nitrogen and oxygen atoms in total. The lowest BCUT2D eigenvalue weighted by Gasteiger charge is -2.17. The van der Waals surface area contributed by atoms with Crippen molar-refractivity contribution in [1.29, 1.82) is 0 Å². The summed E-state index contributed by atoms with van der Waals surface area (Å²) in [4.78, 5) is 29.4. The minimum atomic E-state index is -1.05. The molecule has 2 N–H and O–H groups in total. The van der Waals surface area contributed by atoms with Crippen molar-refractivity contribution in [3.63, 3.8) is 0 Å². The molecule has 2 aromatic rings. The van der Waals surface area contributed by atoms with E-state index in [0.29, 0.717) is 19.5 Å². The van der Waals surface area contributed by atoms with E-state index in [1.54, 1.807) is 4.57 Å². The molecule has 0 saturated heterocycles. The number of nitrogens with one attached hydrogen (secondary N) is 2. The first-order chi connectivity index (χ1) is 13.0. The first kappa shape index (κ1) is 19.0.